The summed E-state index contributed by atoms with van der Waals surface area (Å²) in [6, 6.07) is 4.75. The predicted molar refractivity (Wildman–Crippen MR) is 117 cm³/mol. The lowest BCUT2D eigenvalue weighted by atomic mass is 9.54. The SMILES string of the molecule is CC(C)(C(=O)NC1C2CC3CC(C2)CC1C3)N(c1ccc(Cl)c(Cl)c1)S(C)(=O)=O. The summed E-state index contributed by atoms with van der Waals surface area (Å²) in [6.07, 6.45) is 7.18. The lowest BCUT2D eigenvalue weighted by Gasteiger charge is -2.55. The maximum absolute atomic E-state index is 13.4. The highest BCUT2D eigenvalue weighted by atomic mass is 35.5. The fourth-order valence-electron chi connectivity index (χ4n) is 6.12. The number of hydrogen-bond donors (Lipinski definition) is 1. The van der Waals surface area contributed by atoms with Gasteiger partial charge in [0.2, 0.25) is 15.9 Å². The van der Waals surface area contributed by atoms with Crippen LogP contribution in [0.15, 0.2) is 18.2 Å². The van der Waals surface area contributed by atoms with Crippen LogP contribution in [0.4, 0.5) is 5.69 Å². The summed E-state index contributed by atoms with van der Waals surface area (Å²) >= 11 is 12.1. The Bertz CT molecular complexity index is 904. The summed E-state index contributed by atoms with van der Waals surface area (Å²) in [5, 5.41) is 3.83. The fourth-order valence-corrected chi connectivity index (χ4v) is 7.82. The first-order chi connectivity index (χ1) is 13.5. The van der Waals surface area contributed by atoms with E-state index in [1.807, 2.05) is 0 Å². The molecule has 0 atom stereocenters. The van der Waals surface area contributed by atoms with Gasteiger partial charge in [-0.05, 0) is 87.8 Å². The average molecular weight is 459 g/mol. The highest BCUT2D eigenvalue weighted by Crippen LogP contribution is 2.53. The Morgan fingerprint density at radius 3 is 2.07 bits per heavy atom. The third-order valence-electron chi connectivity index (χ3n) is 7.06. The summed E-state index contributed by atoms with van der Waals surface area (Å²) in [4.78, 5) is 13.4. The van der Waals surface area contributed by atoms with Crippen LogP contribution >= 0.6 is 23.2 Å². The van der Waals surface area contributed by atoms with Gasteiger partial charge in [0.15, 0.2) is 0 Å². The standard InChI is InChI=1S/C21H28Cl2N2O3S/c1-21(2,25(29(3,27)28)16-4-5-17(22)18(23)11-16)20(26)24-19-14-7-12-6-13(9-14)10-15(19)8-12/h4-5,11-15,19H,6-10H2,1-3H3,(H,24,26). The molecule has 4 aliphatic carbocycles. The number of halogens is 2. The van der Waals surface area contributed by atoms with E-state index < -0.39 is 15.6 Å². The maximum Gasteiger partial charge on any atom is 0.246 e. The number of amides is 1. The molecule has 1 aromatic carbocycles. The van der Waals surface area contributed by atoms with Gasteiger partial charge in [0.05, 0.1) is 22.0 Å². The van der Waals surface area contributed by atoms with Gasteiger partial charge < -0.3 is 5.32 Å². The molecule has 1 amide bonds. The Morgan fingerprint density at radius 1 is 1.03 bits per heavy atom. The van der Waals surface area contributed by atoms with Crippen LogP contribution in [0.3, 0.4) is 0 Å². The molecule has 29 heavy (non-hydrogen) atoms. The van der Waals surface area contributed by atoms with E-state index in [9.17, 15) is 13.2 Å². The fraction of sp³-hybridized carbons (Fsp3) is 0.667. The molecule has 0 unspecified atom stereocenters. The maximum atomic E-state index is 13.4. The Labute approximate surface area is 183 Å². The Morgan fingerprint density at radius 2 is 1.59 bits per heavy atom. The van der Waals surface area contributed by atoms with Crippen LogP contribution in [-0.4, -0.2) is 32.2 Å². The number of rotatable bonds is 5. The quantitative estimate of drug-likeness (QED) is 0.706. The van der Waals surface area contributed by atoms with Crippen LogP contribution in [0.25, 0.3) is 0 Å². The molecule has 0 aliphatic heterocycles. The van der Waals surface area contributed by atoms with Crippen molar-refractivity contribution < 1.29 is 13.2 Å². The molecule has 4 saturated carbocycles. The van der Waals surface area contributed by atoms with Crippen LogP contribution in [0, 0.1) is 23.7 Å². The Balaban J connectivity index is 1.60. The molecular formula is C21H28Cl2N2O3S. The number of nitrogens with zero attached hydrogens (tertiary/aromatic N) is 1. The molecule has 4 bridgehead atoms. The minimum Gasteiger partial charge on any atom is -0.351 e. The van der Waals surface area contributed by atoms with Crippen LogP contribution in [0.2, 0.25) is 10.0 Å². The van der Waals surface area contributed by atoms with E-state index in [1.165, 1.54) is 38.2 Å². The Hall–Kier alpha value is -0.980. The molecule has 0 saturated heterocycles. The molecule has 4 fully saturated rings. The number of carbonyl (C=O) groups is 1. The largest absolute Gasteiger partial charge is 0.351 e. The minimum absolute atomic E-state index is 0.143. The number of sulfonamides is 1. The van der Waals surface area contributed by atoms with E-state index in [2.05, 4.69) is 5.32 Å². The molecule has 0 aromatic heterocycles. The van der Waals surface area contributed by atoms with Gasteiger partial charge in [0, 0.05) is 6.04 Å². The van der Waals surface area contributed by atoms with Crippen molar-refractivity contribution in [3.8, 4) is 0 Å². The molecule has 1 aromatic rings. The molecular weight excluding hydrogens is 431 g/mol. The van der Waals surface area contributed by atoms with Gasteiger partial charge in [-0.2, -0.15) is 0 Å². The van der Waals surface area contributed by atoms with E-state index in [0.717, 1.165) is 22.4 Å². The third-order valence-corrected chi connectivity index (χ3v) is 9.13. The lowest BCUT2D eigenvalue weighted by Crippen LogP contribution is -2.63. The van der Waals surface area contributed by atoms with Gasteiger partial charge in [0.1, 0.15) is 5.54 Å². The van der Waals surface area contributed by atoms with Crippen LogP contribution in [-0.2, 0) is 14.8 Å². The van der Waals surface area contributed by atoms with E-state index in [-0.39, 0.29) is 17.0 Å². The molecule has 1 N–H and O–H groups in total. The summed E-state index contributed by atoms with van der Waals surface area (Å²) in [5.41, 5.74) is -0.980. The van der Waals surface area contributed by atoms with Crippen molar-refractivity contribution >= 4 is 44.8 Å². The van der Waals surface area contributed by atoms with Gasteiger partial charge in [-0.3, -0.25) is 9.10 Å². The number of anilines is 1. The van der Waals surface area contributed by atoms with E-state index in [0.29, 0.717) is 22.5 Å². The normalized spacial score (nSPS) is 31.0. The number of carbonyl (C=O) groups excluding carboxylic acids is 1. The van der Waals surface area contributed by atoms with Gasteiger partial charge in [0.25, 0.3) is 0 Å². The topological polar surface area (TPSA) is 66.5 Å². The number of hydrogen-bond acceptors (Lipinski definition) is 3. The van der Waals surface area contributed by atoms with Gasteiger partial charge in [-0.1, -0.05) is 23.2 Å². The zero-order valence-electron chi connectivity index (χ0n) is 17.0. The molecule has 4 aliphatic rings. The van der Waals surface area contributed by atoms with Crippen molar-refractivity contribution in [3.05, 3.63) is 28.2 Å². The van der Waals surface area contributed by atoms with Crippen molar-refractivity contribution in [2.45, 2.75) is 57.5 Å². The average Bonchev–Trinajstić information content (AvgIpc) is 2.59. The monoisotopic (exact) mass is 458 g/mol. The molecule has 0 spiro atoms. The van der Waals surface area contributed by atoms with Crippen molar-refractivity contribution in [1.29, 1.82) is 0 Å². The van der Waals surface area contributed by atoms with E-state index >= 15 is 0 Å². The molecule has 5 rings (SSSR count). The first kappa shape index (κ1) is 21.3. The first-order valence-electron chi connectivity index (χ1n) is 10.2. The highest BCUT2D eigenvalue weighted by molar-refractivity contribution is 7.92. The molecule has 0 radical (unpaired) electrons. The van der Waals surface area contributed by atoms with E-state index in [1.54, 1.807) is 26.0 Å². The molecule has 5 nitrogen and oxygen atoms in total. The highest BCUT2D eigenvalue weighted by Gasteiger charge is 2.50. The van der Waals surface area contributed by atoms with Crippen molar-refractivity contribution in [3.63, 3.8) is 0 Å². The minimum atomic E-state index is -3.74. The Kier molecular flexibility index (Phi) is 5.36. The number of nitrogens with one attached hydrogen (secondary N) is 1. The van der Waals surface area contributed by atoms with Crippen molar-refractivity contribution in [2.24, 2.45) is 23.7 Å². The zero-order valence-corrected chi connectivity index (χ0v) is 19.3. The van der Waals surface area contributed by atoms with Crippen molar-refractivity contribution in [2.75, 3.05) is 10.6 Å². The van der Waals surface area contributed by atoms with Gasteiger partial charge in [-0.15, -0.1) is 0 Å². The molecule has 160 valence electrons. The molecule has 8 heteroatoms. The number of benzene rings is 1. The lowest BCUT2D eigenvalue weighted by molar-refractivity contribution is -0.129. The van der Waals surface area contributed by atoms with Crippen LogP contribution in [0.1, 0.15) is 46.0 Å². The first-order valence-corrected chi connectivity index (χ1v) is 12.8. The summed E-state index contributed by atoms with van der Waals surface area (Å²) in [5.74, 6) is 2.38. The second-order valence-electron chi connectivity index (χ2n) is 9.61. The van der Waals surface area contributed by atoms with Gasteiger partial charge >= 0.3 is 0 Å². The van der Waals surface area contributed by atoms with Gasteiger partial charge in [-0.25, -0.2) is 8.42 Å². The van der Waals surface area contributed by atoms with Crippen LogP contribution < -0.4 is 9.62 Å². The smallest absolute Gasteiger partial charge is 0.246 e. The second-order valence-corrected chi connectivity index (χ2v) is 12.3. The van der Waals surface area contributed by atoms with Crippen LogP contribution in [0.5, 0.6) is 0 Å². The zero-order chi connectivity index (χ0) is 21.1. The van der Waals surface area contributed by atoms with E-state index in [4.69, 9.17) is 23.2 Å². The second kappa shape index (κ2) is 7.31. The molecule has 0 heterocycles. The summed E-state index contributed by atoms with van der Waals surface area (Å²) in [6.45, 7) is 3.28. The van der Waals surface area contributed by atoms with Crippen molar-refractivity contribution in [1.82, 2.24) is 5.32 Å². The summed E-state index contributed by atoms with van der Waals surface area (Å²) in [7, 11) is -3.74. The predicted octanol–water partition coefficient (Wildman–Crippen LogP) is 4.48. The third kappa shape index (κ3) is 3.88. The summed E-state index contributed by atoms with van der Waals surface area (Å²) < 4.78 is 26.5.